The van der Waals surface area contributed by atoms with E-state index in [4.69, 9.17) is 21.1 Å². The average Bonchev–Trinajstić information content (AvgIpc) is 3.21. The van der Waals surface area contributed by atoms with Gasteiger partial charge < -0.3 is 14.8 Å². The first-order valence-electron chi connectivity index (χ1n) is 8.81. The van der Waals surface area contributed by atoms with Gasteiger partial charge >= 0.3 is 5.97 Å². The lowest BCUT2D eigenvalue weighted by Gasteiger charge is -2.10. The number of methoxy groups -OCH3 is 2. The second-order valence-electron chi connectivity index (χ2n) is 6.23. The molecule has 0 atom stereocenters. The summed E-state index contributed by atoms with van der Waals surface area (Å²) in [6, 6.07) is 12.5. The smallest absolute Gasteiger partial charge is 0.341 e. The molecule has 0 saturated carbocycles. The number of benzene rings is 2. The van der Waals surface area contributed by atoms with Crippen molar-refractivity contribution in [3.05, 3.63) is 82.1 Å². The monoisotopic (exact) mass is 413 g/mol. The highest BCUT2D eigenvalue weighted by Crippen LogP contribution is 2.21. The fraction of sp³-hybridized carbons (Fsp3) is 0.190. The number of nitrogens with zero attached hydrogens (tertiary/aromatic N) is 2. The molecular formula is C21H20ClN3O4. The Bertz CT molecular complexity index is 1030. The van der Waals surface area contributed by atoms with E-state index >= 15 is 0 Å². The van der Waals surface area contributed by atoms with Crippen molar-refractivity contribution in [3.8, 4) is 5.75 Å². The number of hydrogen-bond donors (Lipinski definition) is 1. The van der Waals surface area contributed by atoms with Gasteiger partial charge in [0.15, 0.2) is 0 Å². The largest absolute Gasteiger partial charge is 0.496 e. The van der Waals surface area contributed by atoms with Gasteiger partial charge in [-0.2, -0.15) is 5.10 Å². The Morgan fingerprint density at radius 3 is 2.69 bits per heavy atom. The quantitative estimate of drug-likeness (QED) is 0.601. The van der Waals surface area contributed by atoms with E-state index in [9.17, 15) is 9.59 Å². The van der Waals surface area contributed by atoms with Crippen molar-refractivity contribution in [2.75, 3.05) is 14.2 Å². The molecule has 1 amide bonds. The van der Waals surface area contributed by atoms with Crippen LogP contribution in [0, 0.1) is 0 Å². The van der Waals surface area contributed by atoms with E-state index in [0.29, 0.717) is 28.4 Å². The molecular weight excluding hydrogens is 394 g/mol. The number of carbonyl (C=O) groups is 2. The third-order valence-corrected chi connectivity index (χ3v) is 4.68. The van der Waals surface area contributed by atoms with Crippen LogP contribution < -0.4 is 10.1 Å². The summed E-state index contributed by atoms with van der Waals surface area (Å²) >= 11 is 6.17. The van der Waals surface area contributed by atoms with Gasteiger partial charge in [-0.25, -0.2) is 4.79 Å². The number of amides is 1. The lowest BCUT2D eigenvalue weighted by Crippen LogP contribution is -2.22. The molecule has 0 aliphatic carbocycles. The highest BCUT2D eigenvalue weighted by Gasteiger charge is 2.14. The summed E-state index contributed by atoms with van der Waals surface area (Å²) in [4.78, 5) is 24.3. The molecule has 29 heavy (non-hydrogen) atoms. The molecule has 2 aromatic carbocycles. The van der Waals surface area contributed by atoms with Crippen LogP contribution in [0.4, 0.5) is 0 Å². The van der Waals surface area contributed by atoms with Gasteiger partial charge in [-0.15, -0.1) is 0 Å². The summed E-state index contributed by atoms with van der Waals surface area (Å²) in [6.45, 7) is 0.705. The third-order valence-electron chi connectivity index (χ3n) is 4.31. The standard InChI is InChI=1S/C21H20ClN3O4/c1-28-19-8-7-14(9-17(19)21(27)29-2)10-23-20(26)16-11-24-25(13-16)12-15-5-3-4-6-18(15)22/h3-9,11,13H,10,12H2,1-2H3,(H,23,26). The second-order valence-corrected chi connectivity index (χ2v) is 6.63. The Balaban J connectivity index is 1.65. The van der Waals surface area contributed by atoms with Gasteiger partial charge in [0.2, 0.25) is 0 Å². The van der Waals surface area contributed by atoms with Crippen molar-refractivity contribution in [2.45, 2.75) is 13.1 Å². The molecule has 3 aromatic rings. The number of rotatable bonds is 7. The Morgan fingerprint density at radius 2 is 1.97 bits per heavy atom. The summed E-state index contributed by atoms with van der Waals surface area (Å²) in [5.74, 6) is -0.366. The van der Waals surface area contributed by atoms with E-state index in [2.05, 4.69) is 10.4 Å². The maximum absolute atomic E-state index is 12.4. The van der Waals surface area contributed by atoms with E-state index in [0.717, 1.165) is 11.1 Å². The fourth-order valence-corrected chi connectivity index (χ4v) is 2.98. The number of ether oxygens (including phenoxy) is 2. The van der Waals surface area contributed by atoms with Crippen LogP contribution in [0.1, 0.15) is 31.8 Å². The molecule has 3 rings (SSSR count). The molecule has 0 bridgehead atoms. The first-order chi connectivity index (χ1) is 14.0. The molecule has 150 valence electrons. The lowest BCUT2D eigenvalue weighted by atomic mass is 10.1. The van der Waals surface area contributed by atoms with E-state index in [1.807, 2.05) is 24.3 Å². The molecule has 1 heterocycles. The summed E-state index contributed by atoms with van der Waals surface area (Å²) < 4.78 is 11.6. The highest BCUT2D eigenvalue weighted by atomic mass is 35.5. The summed E-state index contributed by atoms with van der Waals surface area (Å²) in [7, 11) is 2.78. The van der Waals surface area contributed by atoms with E-state index in [-0.39, 0.29) is 12.5 Å². The average molecular weight is 414 g/mol. The van der Waals surface area contributed by atoms with E-state index < -0.39 is 5.97 Å². The van der Waals surface area contributed by atoms with Crippen molar-refractivity contribution >= 4 is 23.5 Å². The first kappa shape index (κ1) is 20.4. The molecule has 0 unspecified atom stereocenters. The molecule has 1 N–H and O–H groups in total. The van der Waals surface area contributed by atoms with E-state index in [1.54, 1.807) is 29.1 Å². The van der Waals surface area contributed by atoms with Gasteiger partial charge in [0.1, 0.15) is 11.3 Å². The van der Waals surface area contributed by atoms with Crippen LogP contribution in [-0.4, -0.2) is 35.9 Å². The van der Waals surface area contributed by atoms with Crippen LogP contribution in [0.15, 0.2) is 54.9 Å². The van der Waals surface area contributed by atoms with Crippen molar-refractivity contribution < 1.29 is 19.1 Å². The van der Waals surface area contributed by atoms with Crippen LogP contribution in [0.5, 0.6) is 5.75 Å². The minimum atomic E-state index is -0.504. The Hall–Kier alpha value is -3.32. The molecule has 0 aliphatic heterocycles. The number of aromatic nitrogens is 2. The van der Waals surface area contributed by atoms with Crippen LogP contribution in [0.2, 0.25) is 5.02 Å². The third kappa shape index (κ3) is 4.94. The van der Waals surface area contributed by atoms with Gasteiger partial charge in [-0.3, -0.25) is 9.48 Å². The fourth-order valence-electron chi connectivity index (χ4n) is 2.79. The summed E-state index contributed by atoms with van der Waals surface area (Å²) in [5, 5.41) is 7.68. The zero-order valence-electron chi connectivity index (χ0n) is 16.0. The molecule has 0 spiro atoms. The molecule has 0 fully saturated rings. The Morgan fingerprint density at radius 1 is 1.17 bits per heavy atom. The predicted octanol–water partition coefficient (Wildman–Crippen LogP) is 3.31. The number of halogens is 1. The van der Waals surface area contributed by atoms with Crippen LogP contribution in [0.25, 0.3) is 0 Å². The van der Waals surface area contributed by atoms with E-state index in [1.165, 1.54) is 20.4 Å². The maximum atomic E-state index is 12.4. The maximum Gasteiger partial charge on any atom is 0.341 e. The van der Waals surface area contributed by atoms with Crippen LogP contribution in [0.3, 0.4) is 0 Å². The SMILES string of the molecule is COC(=O)c1cc(CNC(=O)c2cnn(Cc3ccccc3Cl)c2)ccc1OC. The number of nitrogens with one attached hydrogen (secondary N) is 1. The Kier molecular flexibility index (Phi) is 6.51. The molecule has 7 nitrogen and oxygen atoms in total. The van der Waals surface area contributed by atoms with Gasteiger partial charge in [-0.05, 0) is 29.3 Å². The number of esters is 1. The summed E-state index contributed by atoms with van der Waals surface area (Å²) in [5.41, 5.74) is 2.38. The van der Waals surface area contributed by atoms with Gasteiger partial charge in [-0.1, -0.05) is 35.9 Å². The zero-order chi connectivity index (χ0) is 20.8. The van der Waals surface area contributed by atoms with Crippen molar-refractivity contribution in [1.29, 1.82) is 0 Å². The first-order valence-corrected chi connectivity index (χ1v) is 9.19. The van der Waals surface area contributed by atoms with Crippen molar-refractivity contribution in [1.82, 2.24) is 15.1 Å². The van der Waals surface area contributed by atoms with Crippen molar-refractivity contribution in [3.63, 3.8) is 0 Å². The van der Waals surface area contributed by atoms with Gasteiger partial charge in [0, 0.05) is 17.8 Å². The van der Waals surface area contributed by atoms with Gasteiger partial charge in [0.25, 0.3) is 5.91 Å². The molecule has 8 heteroatoms. The van der Waals surface area contributed by atoms with Crippen molar-refractivity contribution in [2.24, 2.45) is 0 Å². The number of hydrogen-bond acceptors (Lipinski definition) is 5. The van der Waals surface area contributed by atoms with Gasteiger partial charge in [0.05, 0.1) is 32.5 Å². The topological polar surface area (TPSA) is 82.5 Å². The highest BCUT2D eigenvalue weighted by molar-refractivity contribution is 6.31. The normalized spacial score (nSPS) is 10.4. The minimum Gasteiger partial charge on any atom is -0.496 e. The second kappa shape index (κ2) is 9.25. The molecule has 0 aliphatic rings. The minimum absolute atomic E-state index is 0.239. The molecule has 0 saturated heterocycles. The molecule has 1 aromatic heterocycles. The Labute approximate surface area is 173 Å². The predicted molar refractivity (Wildman–Crippen MR) is 108 cm³/mol. The number of carbonyl (C=O) groups excluding carboxylic acids is 2. The van der Waals surface area contributed by atoms with Crippen LogP contribution in [-0.2, 0) is 17.8 Å². The zero-order valence-corrected chi connectivity index (χ0v) is 16.8. The van der Waals surface area contributed by atoms with Crippen LogP contribution >= 0.6 is 11.6 Å². The molecule has 0 radical (unpaired) electrons. The lowest BCUT2D eigenvalue weighted by molar-refractivity contribution is 0.0597. The summed E-state index contributed by atoms with van der Waals surface area (Å²) in [6.07, 6.45) is 3.16.